The van der Waals surface area contributed by atoms with Gasteiger partial charge in [0, 0.05) is 32.1 Å². The van der Waals surface area contributed by atoms with Crippen molar-refractivity contribution in [3.8, 4) is 0 Å². The second kappa shape index (κ2) is 5.61. The Bertz CT molecular complexity index is 329. The van der Waals surface area contributed by atoms with E-state index in [1.807, 2.05) is 0 Å². The maximum Gasteiger partial charge on any atom is 0.185 e. The van der Waals surface area contributed by atoms with E-state index in [9.17, 15) is 0 Å². The highest BCUT2D eigenvalue weighted by Crippen LogP contribution is 2.25. The first-order valence-corrected chi connectivity index (χ1v) is 6.64. The molecule has 1 N–H and O–H groups in total. The molecule has 2 heterocycles. The van der Waals surface area contributed by atoms with Crippen LogP contribution in [0.4, 0.5) is 5.13 Å². The van der Waals surface area contributed by atoms with Gasteiger partial charge in [0.1, 0.15) is 0 Å². The number of aromatic nitrogens is 1. The lowest BCUT2D eigenvalue weighted by molar-refractivity contribution is 0.121. The molecule has 1 saturated heterocycles. The third kappa shape index (κ3) is 2.72. The fraction of sp³-hybridized carbons (Fsp3) is 0.727. The molecule has 1 aromatic heterocycles. The Morgan fingerprint density at radius 1 is 1.69 bits per heavy atom. The van der Waals surface area contributed by atoms with Crippen molar-refractivity contribution in [2.75, 3.05) is 31.6 Å². The average molecular weight is 241 g/mol. The Hall–Kier alpha value is -0.650. The van der Waals surface area contributed by atoms with Crippen molar-refractivity contribution in [3.63, 3.8) is 0 Å². The second-order valence-corrected chi connectivity index (χ2v) is 4.83. The second-order valence-electron chi connectivity index (χ2n) is 3.99. The van der Waals surface area contributed by atoms with Gasteiger partial charge in [0.05, 0.1) is 11.8 Å². The van der Waals surface area contributed by atoms with E-state index in [1.165, 1.54) is 0 Å². The van der Waals surface area contributed by atoms with Gasteiger partial charge in [-0.3, -0.25) is 0 Å². The quantitative estimate of drug-likeness (QED) is 0.847. The van der Waals surface area contributed by atoms with E-state index in [4.69, 9.17) is 4.74 Å². The molecule has 1 fully saturated rings. The van der Waals surface area contributed by atoms with Gasteiger partial charge in [-0.05, 0) is 13.0 Å². The average Bonchev–Trinajstić information content (AvgIpc) is 2.94. The molecule has 0 bridgehead atoms. The Labute approximate surface area is 101 Å². The molecule has 0 aromatic carbocycles. The van der Waals surface area contributed by atoms with Crippen LogP contribution in [-0.2, 0) is 11.3 Å². The van der Waals surface area contributed by atoms with Crippen LogP contribution < -0.4 is 10.2 Å². The predicted molar refractivity (Wildman–Crippen MR) is 67.1 cm³/mol. The maximum atomic E-state index is 5.36. The van der Waals surface area contributed by atoms with E-state index in [2.05, 4.69) is 27.5 Å². The first kappa shape index (κ1) is 11.8. The fourth-order valence-electron chi connectivity index (χ4n) is 1.87. The van der Waals surface area contributed by atoms with Crippen molar-refractivity contribution < 1.29 is 4.74 Å². The Kier molecular flexibility index (Phi) is 4.15. The van der Waals surface area contributed by atoms with Crippen LogP contribution in [0.3, 0.4) is 0 Å². The molecule has 1 unspecified atom stereocenters. The summed E-state index contributed by atoms with van der Waals surface area (Å²) in [5, 5.41) is 6.56. The van der Waals surface area contributed by atoms with Gasteiger partial charge in [0.25, 0.3) is 0 Å². The number of ether oxygens (including phenoxy) is 1. The third-order valence-electron chi connectivity index (χ3n) is 2.84. The van der Waals surface area contributed by atoms with Crippen molar-refractivity contribution in [2.24, 2.45) is 0 Å². The number of hydrogen-bond donors (Lipinski definition) is 1. The standard InChI is InChI=1S/C11H19N3OS/c1-3-12-6-9-8-16-11(13-9)14-5-4-10(7-14)15-2/h8,10,12H,3-7H2,1-2H3. The molecule has 90 valence electrons. The molecule has 0 aliphatic carbocycles. The van der Waals surface area contributed by atoms with Gasteiger partial charge in [0.15, 0.2) is 5.13 Å². The molecule has 16 heavy (non-hydrogen) atoms. The Balaban J connectivity index is 1.92. The van der Waals surface area contributed by atoms with Crippen LogP contribution >= 0.6 is 11.3 Å². The highest BCUT2D eigenvalue weighted by atomic mass is 32.1. The first-order chi connectivity index (χ1) is 7.83. The van der Waals surface area contributed by atoms with E-state index >= 15 is 0 Å². The van der Waals surface area contributed by atoms with Crippen molar-refractivity contribution in [1.29, 1.82) is 0 Å². The Morgan fingerprint density at radius 2 is 2.56 bits per heavy atom. The minimum Gasteiger partial charge on any atom is -0.380 e. The molecule has 4 nitrogen and oxygen atoms in total. The number of nitrogens with one attached hydrogen (secondary N) is 1. The summed E-state index contributed by atoms with van der Waals surface area (Å²) in [6, 6.07) is 0. The molecular formula is C11H19N3OS. The van der Waals surface area contributed by atoms with Gasteiger partial charge in [-0.2, -0.15) is 0 Å². The molecule has 5 heteroatoms. The molecule has 1 atom stereocenters. The minimum atomic E-state index is 0.376. The maximum absolute atomic E-state index is 5.36. The largest absolute Gasteiger partial charge is 0.380 e. The summed E-state index contributed by atoms with van der Waals surface area (Å²) in [5.74, 6) is 0. The van der Waals surface area contributed by atoms with Gasteiger partial charge in [0.2, 0.25) is 0 Å². The van der Waals surface area contributed by atoms with E-state index in [1.54, 1.807) is 18.4 Å². The summed E-state index contributed by atoms with van der Waals surface area (Å²) >= 11 is 1.73. The molecule has 2 rings (SSSR count). The summed E-state index contributed by atoms with van der Waals surface area (Å²) in [6.07, 6.45) is 1.49. The van der Waals surface area contributed by atoms with Crippen molar-refractivity contribution >= 4 is 16.5 Å². The number of rotatable bonds is 5. The summed E-state index contributed by atoms with van der Waals surface area (Å²) < 4.78 is 5.36. The van der Waals surface area contributed by atoms with E-state index in [0.717, 1.165) is 43.4 Å². The summed E-state index contributed by atoms with van der Waals surface area (Å²) in [4.78, 5) is 6.94. The van der Waals surface area contributed by atoms with Gasteiger partial charge in [-0.15, -0.1) is 11.3 Å². The van der Waals surface area contributed by atoms with Crippen molar-refractivity contribution in [2.45, 2.75) is 26.0 Å². The van der Waals surface area contributed by atoms with Crippen LogP contribution in [0.2, 0.25) is 0 Å². The smallest absolute Gasteiger partial charge is 0.185 e. The Morgan fingerprint density at radius 3 is 3.25 bits per heavy atom. The number of hydrogen-bond acceptors (Lipinski definition) is 5. The molecule has 0 amide bonds. The van der Waals surface area contributed by atoms with Crippen LogP contribution in [0.25, 0.3) is 0 Å². The molecule has 0 radical (unpaired) electrons. The molecule has 0 saturated carbocycles. The lowest BCUT2D eigenvalue weighted by atomic mass is 10.3. The van der Waals surface area contributed by atoms with Crippen LogP contribution in [0.1, 0.15) is 19.0 Å². The SMILES string of the molecule is CCNCc1csc(N2CCC(OC)C2)n1. The number of thiazole rings is 1. The van der Waals surface area contributed by atoms with Crippen molar-refractivity contribution in [1.82, 2.24) is 10.3 Å². The van der Waals surface area contributed by atoms with Crippen LogP contribution in [-0.4, -0.2) is 37.8 Å². The summed E-state index contributed by atoms with van der Waals surface area (Å²) in [6.45, 7) is 6.01. The normalized spacial score (nSPS) is 20.6. The van der Waals surface area contributed by atoms with Gasteiger partial charge in [-0.25, -0.2) is 4.98 Å². The molecule has 1 aliphatic heterocycles. The van der Waals surface area contributed by atoms with Gasteiger partial charge in [-0.1, -0.05) is 6.92 Å². The highest BCUT2D eigenvalue weighted by Gasteiger charge is 2.23. The first-order valence-electron chi connectivity index (χ1n) is 5.76. The van der Waals surface area contributed by atoms with Gasteiger partial charge < -0.3 is 15.0 Å². The third-order valence-corrected chi connectivity index (χ3v) is 3.79. The van der Waals surface area contributed by atoms with E-state index in [0.29, 0.717) is 6.10 Å². The lowest BCUT2D eigenvalue weighted by Crippen LogP contribution is -2.22. The summed E-state index contributed by atoms with van der Waals surface area (Å²) in [7, 11) is 1.78. The minimum absolute atomic E-state index is 0.376. The lowest BCUT2D eigenvalue weighted by Gasteiger charge is -2.13. The van der Waals surface area contributed by atoms with Crippen molar-refractivity contribution in [3.05, 3.63) is 11.1 Å². The number of anilines is 1. The zero-order chi connectivity index (χ0) is 11.4. The van der Waals surface area contributed by atoms with Gasteiger partial charge >= 0.3 is 0 Å². The number of nitrogens with zero attached hydrogens (tertiary/aromatic N) is 2. The van der Waals surface area contributed by atoms with Crippen LogP contribution in [0.5, 0.6) is 0 Å². The molecular weight excluding hydrogens is 222 g/mol. The highest BCUT2D eigenvalue weighted by molar-refractivity contribution is 7.13. The predicted octanol–water partition coefficient (Wildman–Crippen LogP) is 1.48. The van der Waals surface area contributed by atoms with Crippen LogP contribution in [0, 0.1) is 0 Å². The molecule has 1 aliphatic rings. The number of methoxy groups -OCH3 is 1. The van der Waals surface area contributed by atoms with Crippen LogP contribution in [0.15, 0.2) is 5.38 Å². The van der Waals surface area contributed by atoms with E-state index in [-0.39, 0.29) is 0 Å². The zero-order valence-electron chi connectivity index (χ0n) is 9.90. The topological polar surface area (TPSA) is 37.4 Å². The van der Waals surface area contributed by atoms with E-state index < -0.39 is 0 Å². The summed E-state index contributed by atoms with van der Waals surface area (Å²) in [5.41, 5.74) is 1.14. The molecule has 0 spiro atoms. The monoisotopic (exact) mass is 241 g/mol. The molecule has 1 aromatic rings. The fourth-order valence-corrected chi connectivity index (χ4v) is 2.73. The zero-order valence-corrected chi connectivity index (χ0v) is 10.7.